The van der Waals surface area contributed by atoms with Crippen LogP contribution in [0.5, 0.6) is 5.75 Å². The molecule has 1 aliphatic rings. The van der Waals surface area contributed by atoms with Gasteiger partial charge < -0.3 is 10.1 Å². The summed E-state index contributed by atoms with van der Waals surface area (Å²) in [7, 11) is 1.74. The third-order valence-corrected chi connectivity index (χ3v) is 4.63. The average Bonchev–Trinajstić information content (AvgIpc) is 3.25. The monoisotopic (exact) mass is 276 g/mol. The maximum atomic E-state index is 5.52. The molecule has 1 saturated carbocycles. The van der Waals surface area contributed by atoms with Gasteiger partial charge in [-0.3, -0.25) is 4.98 Å². The van der Waals surface area contributed by atoms with Crippen LogP contribution >= 0.6 is 0 Å². The van der Waals surface area contributed by atoms with Crippen molar-refractivity contribution >= 4 is 0 Å². The summed E-state index contributed by atoms with van der Waals surface area (Å²) < 4.78 is 5.52. The normalized spacial score (nSPS) is 17.9. The molecule has 1 heterocycles. The van der Waals surface area contributed by atoms with Crippen LogP contribution in [0.2, 0.25) is 0 Å². The van der Waals surface area contributed by atoms with Crippen molar-refractivity contribution in [3.63, 3.8) is 0 Å². The molecule has 1 aliphatic carbocycles. The largest absolute Gasteiger partial charge is 0.496 e. The van der Waals surface area contributed by atoms with Gasteiger partial charge in [-0.2, -0.15) is 0 Å². The molecular weight excluding hydrogens is 248 g/mol. The Morgan fingerprint density at radius 3 is 2.65 bits per heavy atom. The van der Waals surface area contributed by atoms with Crippen molar-refractivity contribution in [3.05, 3.63) is 23.0 Å². The number of nitrogens with one attached hydrogen (secondary N) is 1. The molecule has 1 aromatic heterocycles. The summed E-state index contributed by atoms with van der Waals surface area (Å²) >= 11 is 0. The zero-order valence-corrected chi connectivity index (χ0v) is 13.5. The molecule has 1 aromatic rings. The van der Waals surface area contributed by atoms with E-state index in [1.165, 1.54) is 24.1 Å². The molecule has 20 heavy (non-hydrogen) atoms. The number of aryl methyl sites for hydroxylation is 1. The van der Waals surface area contributed by atoms with Crippen LogP contribution in [0.1, 0.15) is 43.5 Å². The molecule has 3 heteroatoms. The predicted octanol–water partition coefficient (Wildman–Crippen LogP) is 3.27. The molecular formula is C17H28N2O. The van der Waals surface area contributed by atoms with Crippen LogP contribution < -0.4 is 10.1 Å². The Morgan fingerprint density at radius 2 is 2.10 bits per heavy atom. The number of rotatable bonds is 7. The van der Waals surface area contributed by atoms with E-state index >= 15 is 0 Å². The van der Waals surface area contributed by atoms with Crippen LogP contribution in [0.25, 0.3) is 0 Å². The van der Waals surface area contributed by atoms with Gasteiger partial charge in [0.25, 0.3) is 0 Å². The molecule has 0 aromatic carbocycles. The molecule has 0 bridgehead atoms. The third kappa shape index (κ3) is 3.32. The first-order chi connectivity index (χ1) is 9.58. The highest BCUT2D eigenvalue weighted by molar-refractivity contribution is 5.41. The smallest absolute Gasteiger partial charge is 0.128 e. The first-order valence-electron chi connectivity index (χ1n) is 7.80. The zero-order valence-electron chi connectivity index (χ0n) is 13.5. The maximum Gasteiger partial charge on any atom is 0.128 e. The number of ether oxygens (including phenoxy) is 1. The van der Waals surface area contributed by atoms with Gasteiger partial charge in [-0.25, -0.2) is 0 Å². The molecule has 0 saturated heterocycles. The lowest BCUT2D eigenvalue weighted by atomic mass is 9.91. The van der Waals surface area contributed by atoms with Gasteiger partial charge in [0.05, 0.1) is 7.11 Å². The van der Waals surface area contributed by atoms with Crippen LogP contribution in [0.4, 0.5) is 0 Å². The van der Waals surface area contributed by atoms with Gasteiger partial charge in [-0.15, -0.1) is 0 Å². The maximum absolute atomic E-state index is 5.52. The Bertz CT molecular complexity index is 455. The second-order valence-electron chi connectivity index (χ2n) is 6.11. The van der Waals surface area contributed by atoms with Gasteiger partial charge >= 0.3 is 0 Å². The Balaban J connectivity index is 2.17. The van der Waals surface area contributed by atoms with Crippen molar-refractivity contribution in [2.75, 3.05) is 13.7 Å². The molecule has 3 nitrogen and oxygen atoms in total. The number of pyridine rings is 1. The second kappa shape index (κ2) is 6.57. The molecule has 1 fully saturated rings. The summed E-state index contributed by atoms with van der Waals surface area (Å²) in [4.78, 5) is 4.65. The third-order valence-electron chi connectivity index (χ3n) is 4.63. The van der Waals surface area contributed by atoms with E-state index in [0.29, 0.717) is 6.04 Å². The van der Waals surface area contributed by atoms with Crippen molar-refractivity contribution in [2.45, 2.75) is 53.0 Å². The lowest BCUT2D eigenvalue weighted by Crippen LogP contribution is -2.38. The summed E-state index contributed by atoms with van der Waals surface area (Å²) in [6, 6.07) is 0.520. The van der Waals surface area contributed by atoms with E-state index < -0.39 is 0 Å². The van der Waals surface area contributed by atoms with Crippen LogP contribution in [0.15, 0.2) is 6.20 Å². The Kier molecular flexibility index (Phi) is 5.03. The highest BCUT2D eigenvalue weighted by Crippen LogP contribution is 2.39. The molecule has 2 unspecified atom stereocenters. The van der Waals surface area contributed by atoms with Crippen LogP contribution in [-0.4, -0.2) is 24.7 Å². The fourth-order valence-electron chi connectivity index (χ4n) is 3.14. The number of aromatic nitrogens is 1. The summed E-state index contributed by atoms with van der Waals surface area (Å²) in [5.41, 5.74) is 3.48. The van der Waals surface area contributed by atoms with E-state index in [-0.39, 0.29) is 0 Å². The van der Waals surface area contributed by atoms with Crippen LogP contribution in [-0.2, 0) is 6.42 Å². The van der Waals surface area contributed by atoms with E-state index in [0.717, 1.165) is 36.1 Å². The molecule has 0 radical (unpaired) electrons. The van der Waals surface area contributed by atoms with E-state index in [4.69, 9.17) is 4.74 Å². The molecule has 1 N–H and O–H groups in total. The van der Waals surface area contributed by atoms with E-state index in [9.17, 15) is 0 Å². The lowest BCUT2D eigenvalue weighted by molar-refractivity contribution is 0.341. The standard InChI is InChI=1S/C17H28N2O/c1-6-18-15(12(3)14-7-8-14)9-16-13(4)17(20-5)11(2)10-19-16/h10,12,14-15,18H,6-9H2,1-5H3. The average molecular weight is 276 g/mol. The Morgan fingerprint density at radius 1 is 1.40 bits per heavy atom. The number of hydrogen-bond donors (Lipinski definition) is 1. The van der Waals surface area contributed by atoms with Gasteiger partial charge in [-0.1, -0.05) is 13.8 Å². The Labute approximate surface area is 123 Å². The first-order valence-corrected chi connectivity index (χ1v) is 7.80. The summed E-state index contributed by atoms with van der Waals surface area (Å²) in [5, 5.41) is 3.65. The van der Waals surface area contributed by atoms with Gasteiger partial charge in [0.1, 0.15) is 5.75 Å². The molecule has 0 aliphatic heterocycles. The quantitative estimate of drug-likeness (QED) is 0.830. The van der Waals surface area contributed by atoms with Gasteiger partial charge in [0, 0.05) is 35.5 Å². The molecule has 112 valence electrons. The number of hydrogen-bond acceptors (Lipinski definition) is 3. The lowest BCUT2D eigenvalue weighted by Gasteiger charge is -2.25. The minimum atomic E-state index is 0.520. The minimum absolute atomic E-state index is 0.520. The summed E-state index contributed by atoms with van der Waals surface area (Å²) in [5.74, 6) is 2.62. The number of likely N-dealkylation sites (N-methyl/N-ethyl adjacent to an activating group) is 1. The van der Waals surface area contributed by atoms with Gasteiger partial charge in [-0.05, 0) is 45.1 Å². The van der Waals surface area contributed by atoms with E-state index in [1.807, 2.05) is 6.20 Å². The zero-order chi connectivity index (χ0) is 14.7. The minimum Gasteiger partial charge on any atom is -0.496 e. The fourth-order valence-corrected chi connectivity index (χ4v) is 3.14. The summed E-state index contributed by atoms with van der Waals surface area (Å²) in [6.07, 6.45) is 5.72. The van der Waals surface area contributed by atoms with Gasteiger partial charge in [0.15, 0.2) is 0 Å². The topological polar surface area (TPSA) is 34.2 Å². The molecule has 0 spiro atoms. The van der Waals surface area contributed by atoms with Crippen molar-refractivity contribution in [2.24, 2.45) is 11.8 Å². The SMILES string of the molecule is CCNC(Cc1ncc(C)c(OC)c1C)C(C)C1CC1. The molecule has 2 rings (SSSR count). The fraction of sp³-hybridized carbons (Fsp3) is 0.706. The highest BCUT2D eigenvalue weighted by Gasteiger charge is 2.33. The molecule has 0 amide bonds. The first kappa shape index (κ1) is 15.3. The van der Waals surface area contributed by atoms with Crippen molar-refractivity contribution in [1.29, 1.82) is 0 Å². The van der Waals surface area contributed by atoms with Crippen LogP contribution in [0.3, 0.4) is 0 Å². The highest BCUT2D eigenvalue weighted by atomic mass is 16.5. The molecule has 2 atom stereocenters. The second-order valence-corrected chi connectivity index (χ2v) is 6.11. The number of methoxy groups -OCH3 is 1. The Hall–Kier alpha value is -1.09. The van der Waals surface area contributed by atoms with Crippen molar-refractivity contribution in [3.8, 4) is 5.75 Å². The van der Waals surface area contributed by atoms with E-state index in [2.05, 4.69) is 38.0 Å². The van der Waals surface area contributed by atoms with E-state index in [1.54, 1.807) is 7.11 Å². The van der Waals surface area contributed by atoms with Gasteiger partial charge in [0.2, 0.25) is 0 Å². The van der Waals surface area contributed by atoms with Crippen molar-refractivity contribution in [1.82, 2.24) is 10.3 Å². The van der Waals surface area contributed by atoms with Crippen LogP contribution in [0, 0.1) is 25.7 Å². The number of nitrogens with zero attached hydrogens (tertiary/aromatic N) is 1. The summed E-state index contributed by atoms with van der Waals surface area (Å²) in [6.45, 7) is 9.76. The predicted molar refractivity (Wildman–Crippen MR) is 83.3 cm³/mol. The van der Waals surface area contributed by atoms with Crippen molar-refractivity contribution < 1.29 is 4.74 Å².